The van der Waals surface area contributed by atoms with E-state index in [0.717, 1.165) is 64.0 Å². The average molecular weight is 428 g/mol. The van der Waals surface area contributed by atoms with Crippen molar-refractivity contribution < 1.29 is 4.79 Å². The lowest BCUT2D eigenvalue weighted by molar-refractivity contribution is 0.0826. The van der Waals surface area contributed by atoms with Crippen LogP contribution in [0.3, 0.4) is 0 Å². The molecule has 4 nitrogen and oxygen atoms in total. The molecule has 0 aromatic heterocycles. The summed E-state index contributed by atoms with van der Waals surface area (Å²) in [4.78, 5) is 19.4. The van der Waals surface area contributed by atoms with Crippen LogP contribution < -0.4 is 5.32 Å². The molecule has 1 spiro atoms. The number of benzene rings is 2. The Balaban J connectivity index is 1.72. The highest BCUT2D eigenvalue weighted by Gasteiger charge is 2.42. The second-order valence-electron chi connectivity index (χ2n) is 8.02. The first-order valence-corrected chi connectivity index (χ1v) is 11.5. The van der Waals surface area contributed by atoms with Gasteiger partial charge in [0.2, 0.25) is 0 Å². The van der Waals surface area contributed by atoms with Crippen molar-refractivity contribution in [1.29, 1.82) is 0 Å². The highest BCUT2D eigenvalue weighted by Crippen LogP contribution is 2.45. The van der Waals surface area contributed by atoms with E-state index in [0.29, 0.717) is 6.54 Å². The largest absolute Gasteiger partial charge is 0.345 e. The number of amides is 1. The van der Waals surface area contributed by atoms with Crippen LogP contribution in [0.1, 0.15) is 34.3 Å². The summed E-state index contributed by atoms with van der Waals surface area (Å²) in [6.45, 7) is 0.601. The van der Waals surface area contributed by atoms with Gasteiger partial charge in [0.05, 0.1) is 6.54 Å². The van der Waals surface area contributed by atoms with Gasteiger partial charge in [-0.15, -0.1) is 0 Å². The molecule has 2 aliphatic heterocycles. The van der Waals surface area contributed by atoms with Gasteiger partial charge in [-0.3, -0.25) is 9.79 Å². The van der Waals surface area contributed by atoms with Gasteiger partial charge in [-0.1, -0.05) is 29.8 Å². The van der Waals surface area contributed by atoms with Gasteiger partial charge in [0.15, 0.2) is 0 Å². The first-order valence-electron chi connectivity index (χ1n) is 9.96. The van der Waals surface area contributed by atoms with Crippen molar-refractivity contribution in [2.75, 3.05) is 30.9 Å². The van der Waals surface area contributed by atoms with Crippen molar-refractivity contribution in [2.45, 2.75) is 25.8 Å². The molecular weight excluding hydrogens is 402 g/mol. The predicted molar refractivity (Wildman–Crippen MR) is 123 cm³/mol. The zero-order valence-electron chi connectivity index (χ0n) is 16.9. The number of nitrogens with one attached hydrogen (secondary N) is 1. The molecule has 0 bridgehead atoms. The van der Waals surface area contributed by atoms with E-state index in [1.165, 1.54) is 0 Å². The number of hydrogen-bond acceptors (Lipinski definition) is 3. The van der Waals surface area contributed by atoms with Crippen molar-refractivity contribution in [3.63, 3.8) is 0 Å². The number of hydrogen-bond donors (Lipinski definition) is 1. The van der Waals surface area contributed by atoms with Crippen molar-refractivity contribution in [2.24, 2.45) is 10.4 Å². The zero-order chi connectivity index (χ0) is 20.4. The molecule has 0 saturated carbocycles. The average Bonchev–Trinajstić information content (AvgIpc) is 2.72. The predicted octanol–water partition coefficient (Wildman–Crippen LogP) is 5.12. The number of thioether (sulfide) groups is 1. The van der Waals surface area contributed by atoms with E-state index in [-0.39, 0.29) is 11.3 Å². The summed E-state index contributed by atoms with van der Waals surface area (Å²) in [6, 6.07) is 13.8. The van der Waals surface area contributed by atoms with E-state index >= 15 is 0 Å². The number of carbonyl (C=O) groups excluding carboxylic acids is 1. The zero-order valence-corrected chi connectivity index (χ0v) is 18.4. The monoisotopic (exact) mass is 427 g/mol. The molecule has 6 heteroatoms. The van der Waals surface area contributed by atoms with Crippen LogP contribution in [0.4, 0.5) is 5.69 Å². The Morgan fingerprint density at radius 2 is 1.97 bits per heavy atom. The molecule has 1 fully saturated rings. The maximum atomic E-state index is 12.8. The Morgan fingerprint density at radius 1 is 1.21 bits per heavy atom. The molecule has 2 aromatic carbocycles. The first kappa shape index (κ1) is 20.3. The molecule has 4 rings (SSSR count). The van der Waals surface area contributed by atoms with Gasteiger partial charge < -0.3 is 10.2 Å². The summed E-state index contributed by atoms with van der Waals surface area (Å²) in [5.41, 5.74) is 4.01. The molecule has 2 aliphatic rings. The van der Waals surface area contributed by atoms with Crippen LogP contribution in [0.2, 0.25) is 5.02 Å². The third kappa shape index (κ3) is 4.17. The number of anilines is 1. The Hall–Kier alpha value is -1.98. The minimum atomic E-state index is -0.0283. The Labute approximate surface area is 181 Å². The van der Waals surface area contributed by atoms with Crippen molar-refractivity contribution in [3.05, 3.63) is 64.2 Å². The van der Waals surface area contributed by atoms with Crippen LogP contribution in [0, 0.1) is 5.41 Å². The van der Waals surface area contributed by atoms with Gasteiger partial charge in [-0.05, 0) is 66.2 Å². The molecule has 2 heterocycles. The van der Waals surface area contributed by atoms with Crippen LogP contribution >= 0.6 is 23.4 Å². The molecule has 1 amide bonds. The van der Waals surface area contributed by atoms with Crippen molar-refractivity contribution in [1.82, 2.24) is 4.90 Å². The molecule has 1 N–H and O–H groups in total. The number of fused-ring (bicyclic) bond motifs is 1. The highest BCUT2D eigenvalue weighted by atomic mass is 35.5. The smallest absolute Gasteiger partial charge is 0.253 e. The number of carbonyl (C=O) groups is 1. The van der Waals surface area contributed by atoms with Gasteiger partial charge in [-0.2, -0.15) is 11.8 Å². The van der Waals surface area contributed by atoms with E-state index in [2.05, 4.69) is 17.4 Å². The molecule has 0 aliphatic carbocycles. The van der Waals surface area contributed by atoms with Crippen molar-refractivity contribution in [3.8, 4) is 0 Å². The van der Waals surface area contributed by atoms with E-state index < -0.39 is 0 Å². The molecular formula is C23H26ClN3OS. The fourth-order valence-corrected chi connectivity index (χ4v) is 5.69. The van der Waals surface area contributed by atoms with Gasteiger partial charge in [0, 0.05) is 35.8 Å². The molecule has 152 valence electrons. The standard InChI is InChI=1S/C23H26ClN3OS/c1-27(2)21(28)18-7-4-8-20-19(18)14-23(9-11-29-12-10-23)22(26-20)25-15-16-5-3-6-17(24)13-16/h3-8,13H,9-12,14-15H2,1-2H3,(H,25,26). The number of amidine groups is 1. The molecule has 0 atom stereocenters. The summed E-state index contributed by atoms with van der Waals surface area (Å²) >= 11 is 8.15. The Kier molecular flexibility index (Phi) is 5.88. The van der Waals surface area contributed by atoms with Crippen molar-refractivity contribution >= 4 is 40.8 Å². The second kappa shape index (κ2) is 8.41. The summed E-state index contributed by atoms with van der Waals surface area (Å²) < 4.78 is 0. The lowest BCUT2D eigenvalue weighted by Gasteiger charge is -2.43. The van der Waals surface area contributed by atoms with Gasteiger partial charge >= 0.3 is 0 Å². The Morgan fingerprint density at radius 3 is 2.69 bits per heavy atom. The van der Waals surface area contributed by atoms with Crippen LogP contribution in [0.5, 0.6) is 0 Å². The first-order chi connectivity index (χ1) is 14.0. The van der Waals surface area contributed by atoms with Crippen LogP contribution in [0.15, 0.2) is 47.5 Å². The number of aliphatic imine (C=N–C) groups is 1. The van der Waals surface area contributed by atoms with E-state index in [9.17, 15) is 4.79 Å². The van der Waals surface area contributed by atoms with Crippen LogP contribution in [-0.2, 0) is 13.0 Å². The lowest BCUT2D eigenvalue weighted by Crippen LogP contribution is -2.45. The van der Waals surface area contributed by atoms with E-state index in [1.54, 1.807) is 4.90 Å². The minimum absolute atomic E-state index is 0.0283. The number of halogens is 1. The number of nitrogens with zero attached hydrogens (tertiary/aromatic N) is 2. The quantitative estimate of drug-likeness (QED) is 0.739. The maximum Gasteiger partial charge on any atom is 0.253 e. The highest BCUT2D eigenvalue weighted by molar-refractivity contribution is 7.99. The maximum absolute atomic E-state index is 12.8. The Bertz CT molecular complexity index is 951. The molecule has 29 heavy (non-hydrogen) atoms. The van der Waals surface area contributed by atoms with Gasteiger partial charge in [0.1, 0.15) is 5.84 Å². The second-order valence-corrected chi connectivity index (χ2v) is 9.68. The van der Waals surface area contributed by atoms with E-state index in [4.69, 9.17) is 16.6 Å². The minimum Gasteiger partial charge on any atom is -0.345 e. The summed E-state index contributed by atoms with van der Waals surface area (Å²) in [5.74, 6) is 3.36. The normalized spacial score (nSPS) is 18.9. The SMILES string of the molecule is CN(C)C(=O)c1cccc2c1CC1(CCSCC1)C(=NCc1cccc(Cl)c1)N2. The fourth-order valence-electron chi connectivity index (χ4n) is 4.21. The molecule has 2 aromatic rings. The van der Waals surface area contributed by atoms with Crippen LogP contribution in [-0.4, -0.2) is 42.2 Å². The lowest BCUT2D eigenvalue weighted by atomic mass is 9.72. The topological polar surface area (TPSA) is 44.7 Å². The third-order valence-corrected chi connectivity index (χ3v) is 7.06. The molecule has 0 unspecified atom stereocenters. The summed E-state index contributed by atoms with van der Waals surface area (Å²) in [7, 11) is 3.62. The van der Waals surface area contributed by atoms with E-state index in [1.807, 2.05) is 56.2 Å². The summed E-state index contributed by atoms with van der Waals surface area (Å²) in [6.07, 6.45) is 3.01. The van der Waals surface area contributed by atoms with Crippen LogP contribution in [0.25, 0.3) is 0 Å². The molecule has 1 saturated heterocycles. The van der Waals surface area contributed by atoms with Gasteiger partial charge in [-0.25, -0.2) is 0 Å². The third-order valence-electron chi connectivity index (χ3n) is 5.84. The van der Waals surface area contributed by atoms with Gasteiger partial charge in [0.25, 0.3) is 5.91 Å². The number of rotatable bonds is 3. The summed E-state index contributed by atoms with van der Waals surface area (Å²) in [5, 5.41) is 4.35. The fraction of sp³-hybridized carbons (Fsp3) is 0.391. The molecule has 0 radical (unpaired) electrons.